The number of rotatable bonds is 6. The molecule has 4 aromatic rings. The summed E-state index contributed by atoms with van der Waals surface area (Å²) in [6.45, 7) is 4.71. The number of pyridine rings is 1. The van der Waals surface area contributed by atoms with E-state index < -0.39 is 24.4 Å². The molecule has 1 unspecified atom stereocenters. The Hall–Kier alpha value is -3.43. The summed E-state index contributed by atoms with van der Waals surface area (Å²) in [7, 11) is 7.19. The summed E-state index contributed by atoms with van der Waals surface area (Å²) in [5.74, 6) is -2.53. The smallest absolute Gasteiger partial charge is 0.256 e. The van der Waals surface area contributed by atoms with Gasteiger partial charge in [-0.3, -0.25) is 0 Å². The molecule has 1 aliphatic rings. The van der Waals surface area contributed by atoms with Crippen molar-refractivity contribution in [2.45, 2.75) is 57.6 Å². The van der Waals surface area contributed by atoms with Crippen molar-refractivity contribution in [1.82, 2.24) is 34.0 Å². The van der Waals surface area contributed by atoms with E-state index in [9.17, 15) is 23.4 Å². The molecule has 0 bridgehead atoms. The largest absolute Gasteiger partial charge is 0.366 e. The van der Waals surface area contributed by atoms with Gasteiger partial charge < -0.3 is 30.7 Å². The van der Waals surface area contributed by atoms with Crippen LogP contribution in [0.2, 0.25) is 0 Å². The third-order valence-electron chi connectivity index (χ3n) is 6.56. The van der Waals surface area contributed by atoms with Gasteiger partial charge in [-0.2, -0.15) is 4.98 Å². The number of fused-ring (bicyclic) bond motifs is 2. The molecule has 0 aromatic carbocycles. The number of nitrogens with one attached hydrogen (secondary N) is 1. The molecule has 4 aromatic heterocycles. The molecule has 2 radical (unpaired) electrons. The highest BCUT2D eigenvalue weighted by Crippen LogP contribution is 2.31. The fourth-order valence-corrected chi connectivity index (χ4v) is 4.73. The molecule has 5 heterocycles. The van der Waals surface area contributed by atoms with Gasteiger partial charge in [0.05, 0.1) is 12.2 Å². The van der Waals surface area contributed by atoms with Crippen LogP contribution in [0.25, 0.3) is 27.9 Å². The molecule has 208 valence electrons. The van der Waals surface area contributed by atoms with E-state index in [1.54, 1.807) is 31.3 Å². The minimum atomic E-state index is -2.76. The number of hydrogen-bond acceptors (Lipinski definition) is 9. The monoisotopic (exact) mass is 545 g/mol. The van der Waals surface area contributed by atoms with Gasteiger partial charge in [0.25, 0.3) is 6.43 Å². The van der Waals surface area contributed by atoms with Gasteiger partial charge in [-0.15, -0.1) is 5.10 Å². The molecule has 15 heteroatoms. The molecule has 1 atom stereocenters. The van der Waals surface area contributed by atoms with Gasteiger partial charge >= 0.3 is 0 Å². The molecule has 11 nitrogen and oxygen atoms in total. The second-order valence-electron chi connectivity index (χ2n) is 9.74. The summed E-state index contributed by atoms with van der Waals surface area (Å²) >= 11 is 0. The molecule has 0 spiro atoms. The maximum Gasteiger partial charge on any atom is 0.256 e. The second kappa shape index (κ2) is 11.0. The third-order valence-corrected chi connectivity index (χ3v) is 6.56. The van der Waals surface area contributed by atoms with Crippen LogP contribution in [0.3, 0.4) is 0 Å². The predicted octanol–water partition coefficient (Wildman–Crippen LogP) is 2.30. The molecule has 0 saturated carbocycles. The first kappa shape index (κ1) is 28.6. The Morgan fingerprint density at radius 3 is 2.59 bits per heavy atom. The van der Waals surface area contributed by atoms with Crippen molar-refractivity contribution in [2.24, 2.45) is 0 Å². The van der Waals surface area contributed by atoms with E-state index in [2.05, 4.69) is 30.3 Å². The summed E-state index contributed by atoms with van der Waals surface area (Å²) in [6.07, 6.45) is 1.44. The van der Waals surface area contributed by atoms with Crippen molar-refractivity contribution in [2.75, 3.05) is 31.2 Å². The van der Waals surface area contributed by atoms with Crippen molar-refractivity contribution in [1.29, 1.82) is 0 Å². The third kappa shape index (κ3) is 6.60. The van der Waals surface area contributed by atoms with Crippen molar-refractivity contribution in [3.63, 3.8) is 0 Å². The minimum Gasteiger partial charge on any atom is -0.366 e. The van der Waals surface area contributed by atoms with Crippen LogP contribution in [0.4, 0.5) is 24.9 Å². The lowest BCUT2D eigenvalue weighted by molar-refractivity contribution is -0.0595. The lowest BCUT2D eigenvalue weighted by Crippen LogP contribution is -2.42. The van der Waals surface area contributed by atoms with Crippen LogP contribution in [-0.4, -0.2) is 90.1 Å². The average Bonchev–Trinajstić information content (AvgIpc) is 3.38. The van der Waals surface area contributed by atoms with Crippen molar-refractivity contribution in [3.05, 3.63) is 30.2 Å². The molecule has 5 rings (SSSR count). The number of piperidine rings is 1. The summed E-state index contributed by atoms with van der Waals surface area (Å²) in [5.41, 5.74) is 6.74. The Morgan fingerprint density at radius 1 is 1.23 bits per heavy atom. The summed E-state index contributed by atoms with van der Waals surface area (Å²) in [6, 6.07) is 4.97. The van der Waals surface area contributed by atoms with E-state index >= 15 is 0 Å². The Morgan fingerprint density at radius 2 is 1.97 bits per heavy atom. The van der Waals surface area contributed by atoms with Gasteiger partial charge in [-0.25, -0.2) is 27.7 Å². The van der Waals surface area contributed by atoms with Crippen LogP contribution in [0.5, 0.6) is 0 Å². The number of hydrogen-bond donors (Lipinski definition) is 4. The Balaban J connectivity index is 0.000000298. The average molecular weight is 545 g/mol. The van der Waals surface area contributed by atoms with E-state index in [1.807, 2.05) is 14.0 Å². The number of aromatic nitrogens is 6. The SMILES string of the molecule is CCC1(F)CCCN(C)C1.[B]C(O)(O)Nc1nc(N)nn2ccc(-c3ccc4nc(C)n(CC(F)F)c4n3)c12. The Kier molecular flexibility index (Phi) is 8.05. The maximum absolute atomic E-state index is 13.5. The van der Waals surface area contributed by atoms with Crippen molar-refractivity contribution in [3.8, 4) is 11.3 Å². The van der Waals surface area contributed by atoms with E-state index in [4.69, 9.17) is 13.6 Å². The van der Waals surface area contributed by atoms with Gasteiger partial charge in [0, 0.05) is 18.3 Å². The molecule has 5 N–H and O–H groups in total. The number of aryl methyl sites for hydroxylation is 1. The second-order valence-corrected chi connectivity index (χ2v) is 9.74. The van der Waals surface area contributed by atoms with Gasteiger partial charge in [0.15, 0.2) is 25.1 Å². The first-order valence-electron chi connectivity index (χ1n) is 12.4. The highest BCUT2D eigenvalue weighted by molar-refractivity contribution is 6.14. The zero-order chi connectivity index (χ0) is 28.5. The number of nitrogen functional groups attached to an aromatic ring is 1. The van der Waals surface area contributed by atoms with Gasteiger partial charge in [-0.1, -0.05) is 6.92 Å². The van der Waals surface area contributed by atoms with Crippen LogP contribution in [-0.2, 0) is 6.54 Å². The van der Waals surface area contributed by atoms with Crippen LogP contribution in [0.15, 0.2) is 24.4 Å². The quantitative estimate of drug-likeness (QED) is 0.212. The van der Waals surface area contributed by atoms with Crippen LogP contribution in [0, 0.1) is 6.92 Å². The topological polar surface area (TPSA) is 143 Å². The van der Waals surface area contributed by atoms with Crippen molar-refractivity contribution < 1.29 is 23.4 Å². The molecule has 39 heavy (non-hydrogen) atoms. The van der Waals surface area contributed by atoms with E-state index in [0.717, 1.165) is 19.4 Å². The lowest BCUT2D eigenvalue weighted by atomic mass is 9.93. The lowest BCUT2D eigenvalue weighted by Gasteiger charge is -2.34. The van der Waals surface area contributed by atoms with Gasteiger partial charge in [-0.05, 0) is 58.0 Å². The normalized spacial score (nSPS) is 18.5. The molecule has 1 fully saturated rings. The Labute approximate surface area is 224 Å². The molecule has 1 aliphatic heterocycles. The zero-order valence-electron chi connectivity index (χ0n) is 21.9. The number of nitrogens with zero attached hydrogens (tertiary/aromatic N) is 7. The zero-order valence-corrected chi connectivity index (χ0v) is 21.9. The first-order valence-corrected chi connectivity index (χ1v) is 12.4. The Bertz CT molecular complexity index is 1460. The number of aliphatic hydroxyl groups is 2. The standard InChI is InChI=1S/C16H15BF2N8O2.C8H16FN/c1-7-21-10-3-2-9(22-14(10)26(7)6-11(18)19)8-4-5-27-12(8)13(23-15(20)25-27)24-16(17,28)29;1-3-8(9)5-4-6-10(2)7-8/h2-5,11,28-29H,6H2,1H3,(H3,20,23,24,25);3-7H2,1-2H3. The first-order chi connectivity index (χ1) is 18.3. The highest BCUT2D eigenvalue weighted by Gasteiger charge is 2.31. The molecule has 1 saturated heterocycles. The van der Waals surface area contributed by atoms with Crippen LogP contribution >= 0.6 is 0 Å². The van der Waals surface area contributed by atoms with Gasteiger partial charge in [0.1, 0.15) is 22.5 Å². The summed E-state index contributed by atoms with van der Waals surface area (Å²) in [5, 5.41) is 25.3. The number of halogens is 3. The number of alkyl halides is 3. The minimum absolute atomic E-state index is 0.0517. The molecule has 0 aliphatic carbocycles. The van der Waals surface area contributed by atoms with E-state index in [-0.39, 0.29) is 11.8 Å². The van der Waals surface area contributed by atoms with E-state index in [1.165, 1.54) is 9.08 Å². The van der Waals surface area contributed by atoms with E-state index in [0.29, 0.717) is 46.7 Å². The number of nitrogens with two attached hydrogens (primary N) is 1. The predicted molar refractivity (Wildman–Crippen MR) is 142 cm³/mol. The van der Waals surface area contributed by atoms with Crippen LogP contribution in [0.1, 0.15) is 32.0 Å². The fourth-order valence-electron chi connectivity index (χ4n) is 4.73. The van der Waals surface area contributed by atoms with Gasteiger partial charge in [0.2, 0.25) is 5.95 Å². The number of anilines is 2. The van der Waals surface area contributed by atoms with Crippen molar-refractivity contribution >= 4 is 36.3 Å². The fraction of sp³-hybridized carbons (Fsp3) is 0.500. The maximum atomic E-state index is 13.5. The number of imidazole rings is 1. The molecular formula is C24H31BF3N9O2. The molecule has 0 amide bonds. The summed E-state index contributed by atoms with van der Waals surface area (Å²) in [4.78, 5) is 14.8. The summed E-state index contributed by atoms with van der Waals surface area (Å²) < 4.78 is 42.1. The number of likely N-dealkylation sites (tertiary alicyclic amines) is 1. The van der Waals surface area contributed by atoms with Crippen LogP contribution < -0.4 is 11.1 Å². The molecular weight excluding hydrogens is 514 g/mol. The highest BCUT2D eigenvalue weighted by atomic mass is 19.3.